The molecule has 2 aromatic rings. The van der Waals surface area contributed by atoms with Gasteiger partial charge >= 0.3 is 0 Å². The summed E-state index contributed by atoms with van der Waals surface area (Å²) in [5.41, 5.74) is -0.127. The topological polar surface area (TPSA) is 34.9 Å². The van der Waals surface area contributed by atoms with Gasteiger partial charge in [-0.25, -0.2) is 4.68 Å². The molecule has 2 rings (SSSR count). The molecule has 0 saturated heterocycles. The Morgan fingerprint density at radius 3 is 2.93 bits per heavy atom. The van der Waals surface area contributed by atoms with Gasteiger partial charge in [0.1, 0.15) is 4.47 Å². The molecule has 0 saturated carbocycles. The van der Waals surface area contributed by atoms with Gasteiger partial charge in [-0.15, -0.1) is 11.3 Å². The molecule has 6 heteroatoms. The van der Waals surface area contributed by atoms with Gasteiger partial charge in [-0.3, -0.25) is 4.79 Å². The van der Waals surface area contributed by atoms with Gasteiger partial charge in [0.25, 0.3) is 5.56 Å². The van der Waals surface area contributed by atoms with Gasteiger partial charge in [-0.1, -0.05) is 6.07 Å². The third kappa shape index (κ3) is 2.38. The van der Waals surface area contributed by atoms with E-state index in [0.717, 1.165) is 4.88 Å². The molecule has 78 valence electrons. The molecular weight excluding hydrogens is 344 g/mol. The molecule has 0 amide bonds. The summed E-state index contributed by atoms with van der Waals surface area (Å²) in [7, 11) is 0. The van der Waals surface area contributed by atoms with Crippen molar-refractivity contribution >= 4 is 43.2 Å². The van der Waals surface area contributed by atoms with Crippen LogP contribution in [0.4, 0.5) is 0 Å². The number of thiophene rings is 1. The second-order valence-corrected chi connectivity index (χ2v) is 5.53. The van der Waals surface area contributed by atoms with E-state index in [9.17, 15) is 4.79 Å². The van der Waals surface area contributed by atoms with Crippen LogP contribution in [0.1, 0.15) is 4.88 Å². The molecule has 0 fully saturated rings. The monoisotopic (exact) mass is 348 g/mol. The van der Waals surface area contributed by atoms with E-state index in [-0.39, 0.29) is 5.56 Å². The summed E-state index contributed by atoms with van der Waals surface area (Å²) in [4.78, 5) is 12.9. The number of rotatable bonds is 2. The van der Waals surface area contributed by atoms with E-state index < -0.39 is 0 Å². The number of nitrogens with zero attached hydrogens (tertiary/aromatic N) is 2. The zero-order chi connectivity index (χ0) is 10.8. The lowest BCUT2D eigenvalue weighted by Gasteiger charge is -2.03. The van der Waals surface area contributed by atoms with E-state index in [1.54, 1.807) is 17.5 Å². The number of hydrogen-bond acceptors (Lipinski definition) is 3. The highest BCUT2D eigenvalue weighted by atomic mass is 79.9. The summed E-state index contributed by atoms with van der Waals surface area (Å²) in [5, 5.41) is 6.03. The predicted molar refractivity (Wildman–Crippen MR) is 67.3 cm³/mol. The molecular formula is C9H6Br2N2OS. The number of halogens is 2. The Kier molecular flexibility index (Phi) is 3.38. The summed E-state index contributed by atoms with van der Waals surface area (Å²) < 4.78 is 2.62. The van der Waals surface area contributed by atoms with E-state index in [1.165, 1.54) is 4.68 Å². The quantitative estimate of drug-likeness (QED) is 0.835. The second kappa shape index (κ2) is 4.59. The molecule has 2 heterocycles. The van der Waals surface area contributed by atoms with Gasteiger partial charge in [0, 0.05) is 4.88 Å². The van der Waals surface area contributed by atoms with Crippen molar-refractivity contribution in [1.82, 2.24) is 9.78 Å². The Hall–Kier alpha value is -0.460. The second-order valence-electron chi connectivity index (χ2n) is 2.85. The number of aromatic nitrogens is 2. The first-order valence-electron chi connectivity index (χ1n) is 4.12. The molecule has 0 aliphatic carbocycles. The standard InChI is InChI=1S/C9H6Br2N2OS/c10-7-4-12-13(9(14)8(7)11)5-6-2-1-3-15-6/h1-4H,5H2. The lowest BCUT2D eigenvalue weighted by atomic mass is 10.4. The SMILES string of the molecule is O=c1c(Br)c(Br)cnn1Cc1cccs1. The first-order valence-corrected chi connectivity index (χ1v) is 6.58. The lowest BCUT2D eigenvalue weighted by Crippen LogP contribution is -2.23. The normalized spacial score (nSPS) is 10.5. The Balaban J connectivity index is 2.38. The van der Waals surface area contributed by atoms with Crippen molar-refractivity contribution in [3.8, 4) is 0 Å². The minimum absolute atomic E-state index is 0.127. The van der Waals surface area contributed by atoms with Crippen LogP contribution in [-0.4, -0.2) is 9.78 Å². The fourth-order valence-corrected chi connectivity index (χ4v) is 2.36. The highest BCUT2D eigenvalue weighted by Gasteiger charge is 2.06. The van der Waals surface area contributed by atoms with Crippen molar-refractivity contribution in [2.45, 2.75) is 6.54 Å². The van der Waals surface area contributed by atoms with Crippen molar-refractivity contribution in [2.24, 2.45) is 0 Å². The zero-order valence-corrected chi connectivity index (χ0v) is 11.5. The fraction of sp³-hybridized carbons (Fsp3) is 0.111. The van der Waals surface area contributed by atoms with Gasteiger partial charge in [-0.2, -0.15) is 5.10 Å². The minimum atomic E-state index is -0.127. The average molecular weight is 350 g/mol. The third-order valence-electron chi connectivity index (χ3n) is 1.83. The molecule has 0 aromatic carbocycles. The predicted octanol–water partition coefficient (Wildman–Crippen LogP) is 2.88. The Bertz CT molecular complexity index is 521. The van der Waals surface area contributed by atoms with E-state index in [2.05, 4.69) is 37.0 Å². The first kappa shape index (κ1) is 11.0. The summed E-state index contributed by atoms with van der Waals surface area (Å²) in [5.74, 6) is 0. The third-order valence-corrected chi connectivity index (χ3v) is 4.59. The van der Waals surface area contributed by atoms with Crippen LogP contribution in [0.3, 0.4) is 0 Å². The Morgan fingerprint density at radius 2 is 2.27 bits per heavy atom. The molecule has 0 bridgehead atoms. The smallest absolute Gasteiger partial charge is 0.266 e. The minimum Gasteiger partial charge on any atom is -0.266 e. The van der Waals surface area contributed by atoms with Gasteiger partial charge in [0.15, 0.2) is 0 Å². The van der Waals surface area contributed by atoms with Crippen molar-refractivity contribution < 1.29 is 0 Å². The summed E-state index contributed by atoms with van der Waals surface area (Å²) >= 11 is 8.07. The van der Waals surface area contributed by atoms with Crippen molar-refractivity contribution in [3.63, 3.8) is 0 Å². The van der Waals surface area contributed by atoms with Crippen LogP contribution in [-0.2, 0) is 6.54 Å². The molecule has 0 aliphatic heterocycles. The molecule has 0 spiro atoms. The maximum absolute atomic E-state index is 11.7. The Labute approximate surface area is 107 Å². The van der Waals surface area contributed by atoms with Crippen LogP contribution in [0.5, 0.6) is 0 Å². The van der Waals surface area contributed by atoms with Crippen LogP contribution in [0.15, 0.2) is 37.4 Å². The molecule has 0 atom stereocenters. The molecule has 0 N–H and O–H groups in total. The van der Waals surface area contributed by atoms with Crippen LogP contribution >= 0.6 is 43.2 Å². The molecule has 3 nitrogen and oxygen atoms in total. The van der Waals surface area contributed by atoms with Gasteiger partial charge in [0.2, 0.25) is 0 Å². The van der Waals surface area contributed by atoms with E-state index in [1.807, 2.05) is 17.5 Å². The average Bonchev–Trinajstić information content (AvgIpc) is 2.72. The zero-order valence-electron chi connectivity index (χ0n) is 7.48. The van der Waals surface area contributed by atoms with Crippen molar-refractivity contribution in [1.29, 1.82) is 0 Å². The molecule has 0 radical (unpaired) electrons. The van der Waals surface area contributed by atoms with Crippen molar-refractivity contribution in [3.05, 3.63) is 47.9 Å². The molecule has 2 aromatic heterocycles. The van der Waals surface area contributed by atoms with E-state index in [0.29, 0.717) is 15.5 Å². The van der Waals surface area contributed by atoms with Crippen LogP contribution in [0, 0.1) is 0 Å². The Morgan fingerprint density at radius 1 is 1.47 bits per heavy atom. The van der Waals surface area contributed by atoms with Crippen LogP contribution in [0.25, 0.3) is 0 Å². The van der Waals surface area contributed by atoms with Gasteiger partial charge in [0.05, 0.1) is 17.2 Å². The molecule has 0 aliphatic rings. The van der Waals surface area contributed by atoms with E-state index in [4.69, 9.17) is 0 Å². The van der Waals surface area contributed by atoms with Crippen LogP contribution in [0.2, 0.25) is 0 Å². The summed E-state index contributed by atoms with van der Waals surface area (Å²) in [6.07, 6.45) is 1.61. The highest BCUT2D eigenvalue weighted by Crippen LogP contribution is 2.17. The van der Waals surface area contributed by atoms with E-state index >= 15 is 0 Å². The highest BCUT2D eigenvalue weighted by molar-refractivity contribution is 9.13. The van der Waals surface area contributed by atoms with Gasteiger partial charge in [-0.05, 0) is 43.3 Å². The largest absolute Gasteiger partial charge is 0.282 e. The fourth-order valence-electron chi connectivity index (χ4n) is 1.11. The summed E-state index contributed by atoms with van der Waals surface area (Å²) in [6, 6.07) is 3.94. The maximum atomic E-state index is 11.7. The lowest BCUT2D eigenvalue weighted by molar-refractivity contribution is 0.639. The van der Waals surface area contributed by atoms with Gasteiger partial charge < -0.3 is 0 Å². The molecule has 0 unspecified atom stereocenters. The maximum Gasteiger partial charge on any atom is 0.282 e. The number of hydrogen-bond donors (Lipinski definition) is 0. The van der Waals surface area contributed by atoms with Crippen molar-refractivity contribution in [2.75, 3.05) is 0 Å². The molecule has 15 heavy (non-hydrogen) atoms. The first-order chi connectivity index (χ1) is 7.18. The summed E-state index contributed by atoms with van der Waals surface area (Å²) in [6.45, 7) is 0.516. The van der Waals surface area contributed by atoms with Crippen LogP contribution < -0.4 is 5.56 Å².